The van der Waals surface area contributed by atoms with Gasteiger partial charge in [-0.05, 0) is 17.7 Å². The van der Waals surface area contributed by atoms with E-state index in [1.54, 1.807) is 0 Å². The number of carbonyl (C=O) groups excluding carboxylic acids is 1. The van der Waals surface area contributed by atoms with E-state index in [2.05, 4.69) is 5.32 Å². The van der Waals surface area contributed by atoms with E-state index < -0.39 is 0 Å². The van der Waals surface area contributed by atoms with Gasteiger partial charge in [-0.2, -0.15) is 0 Å². The van der Waals surface area contributed by atoms with Crippen molar-refractivity contribution in [3.8, 4) is 0 Å². The molecule has 2 aliphatic heterocycles. The minimum Gasteiger partial charge on any atom is -0.376 e. The van der Waals surface area contributed by atoms with E-state index in [-0.39, 0.29) is 18.2 Å². The molecule has 2 unspecified atom stereocenters. The van der Waals surface area contributed by atoms with Crippen LogP contribution in [0.15, 0.2) is 24.3 Å². The number of hydrogen-bond acceptors (Lipinski definition) is 4. The highest BCUT2D eigenvalue weighted by Gasteiger charge is 2.33. The molecule has 1 amide bonds. The lowest BCUT2D eigenvalue weighted by atomic mass is 10.1. The van der Waals surface area contributed by atoms with Crippen molar-refractivity contribution in [1.82, 2.24) is 10.2 Å². The minimum absolute atomic E-state index is 0.0533. The zero-order valence-corrected chi connectivity index (χ0v) is 11.8. The molecule has 0 aliphatic carbocycles. The summed E-state index contributed by atoms with van der Waals surface area (Å²) >= 11 is 5.90. The largest absolute Gasteiger partial charge is 0.376 e. The SMILES string of the molecule is O=C1CNC(c2ccc(Cl)cc2)N1CC1COCCO1. The zero-order valence-electron chi connectivity index (χ0n) is 11.0. The molecule has 0 saturated carbocycles. The van der Waals surface area contributed by atoms with Crippen molar-refractivity contribution >= 4 is 17.5 Å². The molecule has 1 aromatic rings. The number of hydrogen-bond donors (Lipinski definition) is 1. The maximum Gasteiger partial charge on any atom is 0.238 e. The van der Waals surface area contributed by atoms with Crippen LogP contribution in [0.2, 0.25) is 5.02 Å². The summed E-state index contributed by atoms with van der Waals surface area (Å²) in [5.74, 6) is 0.0825. The van der Waals surface area contributed by atoms with Gasteiger partial charge in [-0.15, -0.1) is 0 Å². The van der Waals surface area contributed by atoms with Crippen LogP contribution in [0.4, 0.5) is 0 Å². The summed E-state index contributed by atoms with van der Waals surface area (Å²) in [6.07, 6.45) is -0.173. The minimum atomic E-state index is -0.120. The van der Waals surface area contributed by atoms with Crippen molar-refractivity contribution in [1.29, 1.82) is 0 Å². The number of halogens is 1. The Balaban J connectivity index is 1.72. The first kappa shape index (κ1) is 13.8. The van der Waals surface area contributed by atoms with Gasteiger partial charge in [0.05, 0.1) is 39.0 Å². The Morgan fingerprint density at radius 2 is 2.10 bits per heavy atom. The van der Waals surface area contributed by atoms with Crippen molar-refractivity contribution in [3.05, 3.63) is 34.9 Å². The summed E-state index contributed by atoms with van der Waals surface area (Å²) in [6.45, 7) is 2.65. The summed E-state index contributed by atoms with van der Waals surface area (Å²) in [6, 6.07) is 7.53. The predicted octanol–water partition coefficient (Wildman–Crippen LogP) is 1.19. The molecule has 3 rings (SSSR count). The first-order valence-electron chi connectivity index (χ1n) is 6.72. The zero-order chi connectivity index (χ0) is 13.9. The topological polar surface area (TPSA) is 50.8 Å². The third-order valence-electron chi connectivity index (χ3n) is 3.55. The monoisotopic (exact) mass is 296 g/mol. The van der Waals surface area contributed by atoms with Crippen LogP contribution in [-0.2, 0) is 14.3 Å². The number of benzene rings is 1. The van der Waals surface area contributed by atoms with Gasteiger partial charge >= 0.3 is 0 Å². The molecule has 5 nitrogen and oxygen atoms in total. The Bertz CT molecular complexity index is 474. The van der Waals surface area contributed by atoms with Crippen molar-refractivity contribution < 1.29 is 14.3 Å². The normalized spacial score (nSPS) is 27.1. The molecule has 2 saturated heterocycles. The van der Waals surface area contributed by atoms with Gasteiger partial charge < -0.3 is 14.4 Å². The highest BCUT2D eigenvalue weighted by molar-refractivity contribution is 6.30. The molecule has 2 heterocycles. The molecule has 20 heavy (non-hydrogen) atoms. The van der Waals surface area contributed by atoms with Crippen LogP contribution in [0.1, 0.15) is 11.7 Å². The summed E-state index contributed by atoms with van der Waals surface area (Å²) < 4.78 is 11.0. The third-order valence-corrected chi connectivity index (χ3v) is 3.80. The lowest BCUT2D eigenvalue weighted by Gasteiger charge is -2.31. The summed E-state index contributed by atoms with van der Waals surface area (Å²) in [7, 11) is 0. The van der Waals surface area contributed by atoms with E-state index in [0.717, 1.165) is 5.56 Å². The number of amides is 1. The van der Waals surface area contributed by atoms with Crippen LogP contribution in [0.25, 0.3) is 0 Å². The van der Waals surface area contributed by atoms with Crippen LogP contribution in [0.5, 0.6) is 0 Å². The average molecular weight is 297 g/mol. The molecular weight excluding hydrogens is 280 g/mol. The van der Waals surface area contributed by atoms with Crippen molar-refractivity contribution in [3.63, 3.8) is 0 Å². The number of ether oxygens (including phenoxy) is 2. The van der Waals surface area contributed by atoms with Gasteiger partial charge in [0.1, 0.15) is 6.17 Å². The maximum atomic E-state index is 12.0. The van der Waals surface area contributed by atoms with Crippen LogP contribution >= 0.6 is 11.6 Å². The fraction of sp³-hybridized carbons (Fsp3) is 0.500. The van der Waals surface area contributed by atoms with E-state index in [9.17, 15) is 4.79 Å². The van der Waals surface area contributed by atoms with Gasteiger partial charge in [0.15, 0.2) is 0 Å². The maximum absolute atomic E-state index is 12.0. The van der Waals surface area contributed by atoms with Gasteiger partial charge in [-0.3, -0.25) is 10.1 Å². The number of rotatable bonds is 3. The van der Waals surface area contributed by atoms with Crippen LogP contribution in [-0.4, -0.2) is 49.8 Å². The molecule has 6 heteroatoms. The fourth-order valence-electron chi connectivity index (χ4n) is 2.55. The Labute approximate surface area is 122 Å². The number of nitrogens with zero attached hydrogens (tertiary/aromatic N) is 1. The molecule has 0 aromatic heterocycles. The van der Waals surface area contributed by atoms with Gasteiger partial charge in [-0.25, -0.2) is 0 Å². The van der Waals surface area contributed by atoms with E-state index >= 15 is 0 Å². The molecule has 0 bridgehead atoms. The Morgan fingerprint density at radius 3 is 2.80 bits per heavy atom. The predicted molar refractivity (Wildman–Crippen MR) is 74.5 cm³/mol. The van der Waals surface area contributed by atoms with Gasteiger partial charge in [0.2, 0.25) is 5.91 Å². The second-order valence-corrected chi connectivity index (χ2v) is 5.39. The Kier molecular flexibility index (Phi) is 4.21. The first-order chi connectivity index (χ1) is 9.74. The smallest absolute Gasteiger partial charge is 0.238 e. The molecular formula is C14H17ClN2O3. The third kappa shape index (κ3) is 2.96. The highest BCUT2D eigenvalue weighted by Crippen LogP contribution is 2.24. The van der Waals surface area contributed by atoms with E-state index in [4.69, 9.17) is 21.1 Å². The van der Waals surface area contributed by atoms with Crippen molar-refractivity contribution in [2.75, 3.05) is 32.9 Å². The quantitative estimate of drug-likeness (QED) is 0.910. The standard InChI is InChI=1S/C14H17ClN2O3/c15-11-3-1-10(2-4-11)14-16-7-13(18)17(14)8-12-9-19-5-6-20-12/h1-4,12,14,16H,5-9H2. The molecule has 2 aliphatic rings. The second-order valence-electron chi connectivity index (χ2n) is 4.95. The van der Waals surface area contributed by atoms with Crippen molar-refractivity contribution in [2.45, 2.75) is 12.3 Å². The van der Waals surface area contributed by atoms with Gasteiger partial charge in [-0.1, -0.05) is 23.7 Å². The van der Waals surface area contributed by atoms with Crippen LogP contribution < -0.4 is 5.32 Å². The summed E-state index contributed by atoms with van der Waals surface area (Å²) in [5.41, 5.74) is 1.02. The molecule has 0 radical (unpaired) electrons. The van der Waals surface area contributed by atoms with E-state index in [1.807, 2.05) is 29.2 Å². The molecule has 1 aromatic carbocycles. The first-order valence-corrected chi connectivity index (χ1v) is 7.09. The Hall–Kier alpha value is -1.14. The summed E-state index contributed by atoms with van der Waals surface area (Å²) in [4.78, 5) is 13.8. The van der Waals surface area contributed by atoms with Gasteiger partial charge in [0.25, 0.3) is 0 Å². The molecule has 108 valence electrons. The molecule has 0 spiro atoms. The summed E-state index contributed by atoms with van der Waals surface area (Å²) in [5, 5.41) is 3.91. The van der Waals surface area contributed by atoms with Crippen LogP contribution in [0, 0.1) is 0 Å². The highest BCUT2D eigenvalue weighted by atomic mass is 35.5. The molecule has 2 fully saturated rings. The Morgan fingerprint density at radius 1 is 1.30 bits per heavy atom. The van der Waals surface area contributed by atoms with Gasteiger partial charge in [0, 0.05) is 5.02 Å². The lowest BCUT2D eigenvalue weighted by Crippen LogP contribution is -2.42. The number of nitrogens with one attached hydrogen (secondary N) is 1. The fourth-order valence-corrected chi connectivity index (χ4v) is 2.68. The molecule has 2 atom stereocenters. The van der Waals surface area contributed by atoms with Crippen molar-refractivity contribution in [2.24, 2.45) is 0 Å². The van der Waals surface area contributed by atoms with Crippen LogP contribution in [0.3, 0.4) is 0 Å². The lowest BCUT2D eigenvalue weighted by molar-refractivity contribution is -0.135. The average Bonchev–Trinajstić information content (AvgIpc) is 2.83. The number of carbonyl (C=O) groups is 1. The second kappa shape index (κ2) is 6.10. The van der Waals surface area contributed by atoms with E-state index in [0.29, 0.717) is 37.9 Å². The van der Waals surface area contributed by atoms with E-state index in [1.165, 1.54) is 0 Å². The molecule has 1 N–H and O–H groups in total.